The molecule has 1 amide bonds. The van der Waals surface area contributed by atoms with Gasteiger partial charge in [-0.1, -0.05) is 0 Å². The monoisotopic (exact) mass is 244 g/mol. The molecule has 0 aromatic heterocycles. The van der Waals surface area contributed by atoms with Crippen LogP contribution < -0.4 is 10.6 Å². The number of nitrogens with one attached hydrogen (secondary N) is 2. The Labute approximate surface area is 101 Å². The SMILES string of the molecule is CC(C)(C)OC(=O)NC[C@H]1CNC[C@@H]1C(=O)O. The Hall–Kier alpha value is -1.30. The number of aliphatic carboxylic acids is 1. The fraction of sp³-hybridized carbons (Fsp3) is 0.818. The van der Waals surface area contributed by atoms with Crippen LogP contribution in [0.3, 0.4) is 0 Å². The number of hydrogen-bond acceptors (Lipinski definition) is 4. The van der Waals surface area contributed by atoms with Crippen LogP contribution in [-0.4, -0.2) is 42.4 Å². The Kier molecular flexibility index (Phi) is 4.34. The van der Waals surface area contributed by atoms with Crippen LogP contribution >= 0.6 is 0 Å². The number of carbonyl (C=O) groups is 2. The first-order chi connectivity index (χ1) is 7.79. The maximum atomic E-state index is 11.4. The summed E-state index contributed by atoms with van der Waals surface area (Å²) in [6, 6.07) is 0. The van der Waals surface area contributed by atoms with Gasteiger partial charge >= 0.3 is 12.1 Å². The Balaban J connectivity index is 2.35. The van der Waals surface area contributed by atoms with Gasteiger partial charge in [-0.25, -0.2) is 4.79 Å². The number of carbonyl (C=O) groups excluding carboxylic acids is 1. The van der Waals surface area contributed by atoms with Crippen molar-refractivity contribution in [3.63, 3.8) is 0 Å². The van der Waals surface area contributed by atoms with Crippen molar-refractivity contribution in [2.45, 2.75) is 26.4 Å². The zero-order valence-electron chi connectivity index (χ0n) is 10.4. The molecule has 0 unspecified atom stereocenters. The quantitative estimate of drug-likeness (QED) is 0.670. The van der Waals surface area contributed by atoms with E-state index in [0.29, 0.717) is 19.6 Å². The summed E-state index contributed by atoms with van der Waals surface area (Å²) in [6.45, 7) is 6.72. The Morgan fingerprint density at radius 3 is 2.59 bits per heavy atom. The second kappa shape index (κ2) is 5.35. The fourth-order valence-electron chi connectivity index (χ4n) is 1.77. The number of carboxylic acid groups (broad SMARTS) is 1. The van der Waals surface area contributed by atoms with Gasteiger partial charge in [-0.2, -0.15) is 0 Å². The lowest BCUT2D eigenvalue weighted by Crippen LogP contribution is -2.38. The zero-order chi connectivity index (χ0) is 13.1. The maximum Gasteiger partial charge on any atom is 0.407 e. The van der Waals surface area contributed by atoms with Gasteiger partial charge in [0.25, 0.3) is 0 Å². The lowest BCUT2D eigenvalue weighted by molar-refractivity contribution is -0.142. The summed E-state index contributed by atoms with van der Waals surface area (Å²) in [5.41, 5.74) is -0.537. The second-order valence-corrected chi connectivity index (χ2v) is 5.25. The van der Waals surface area contributed by atoms with Gasteiger partial charge in [0.1, 0.15) is 5.60 Å². The van der Waals surface area contributed by atoms with Gasteiger partial charge in [0.05, 0.1) is 5.92 Å². The number of ether oxygens (including phenoxy) is 1. The van der Waals surface area contributed by atoms with Crippen molar-refractivity contribution in [3.05, 3.63) is 0 Å². The lowest BCUT2D eigenvalue weighted by Gasteiger charge is -2.21. The highest BCUT2D eigenvalue weighted by molar-refractivity contribution is 5.71. The summed E-state index contributed by atoms with van der Waals surface area (Å²) in [6.07, 6.45) is -0.506. The summed E-state index contributed by atoms with van der Waals surface area (Å²) >= 11 is 0. The second-order valence-electron chi connectivity index (χ2n) is 5.25. The molecule has 1 heterocycles. The van der Waals surface area contributed by atoms with E-state index in [4.69, 9.17) is 9.84 Å². The third-order valence-electron chi connectivity index (χ3n) is 2.56. The molecular weight excluding hydrogens is 224 g/mol. The van der Waals surface area contributed by atoms with Gasteiger partial charge in [0.2, 0.25) is 0 Å². The van der Waals surface area contributed by atoms with Crippen LogP contribution in [0.15, 0.2) is 0 Å². The summed E-state index contributed by atoms with van der Waals surface area (Å²) in [5, 5.41) is 14.6. The van der Waals surface area contributed by atoms with Gasteiger partial charge in [0, 0.05) is 25.6 Å². The van der Waals surface area contributed by atoms with Crippen LogP contribution in [0.2, 0.25) is 0 Å². The van der Waals surface area contributed by atoms with Crippen molar-refractivity contribution in [1.82, 2.24) is 10.6 Å². The van der Waals surface area contributed by atoms with Crippen molar-refractivity contribution in [2.24, 2.45) is 11.8 Å². The molecule has 0 aromatic carbocycles. The minimum absolute atomic E-state index is 0.0833. The van der Waals surface area contributed by atoms with Gasteiger partial charge in [-0.15, -0.1) is 0 Å². The Morgan fingerprint density at radius 1 is 1.41 bits per heavy atom. The molecule has 1 fully saturated rings. The molecule has 2 atom stereocenters. The van der Waals surface area contributed by atoms with E-state index >= 15 is 0 Å². The highest BCUT2D eigenvalue weighted by atomic mass is 16.6. The molecule has 1 rings (SSSR count). The van der Waals surface area contributed by atoms with Gasteiger partial charge < -0.3 is 20.5 Å². The molecule has 0 bridgehead atoms. The van der Waals surface area contributed by atoms with Crippen molar-refractivity contribution in [3.8, 4) is 0 Å². The summed E-state index contributed by atoms with van der Waals surface area (Å²) < 4.78 is 5.08. The van der Waals surface area contributed by atoms with Crippen LogP contribution in [0.5, 0.6) is 0 Å². The van der Waals surface area contributed by atoms with Crippen LogP contribution in [-0.2, 0) is 9.53 Å². The molecule has 0 saturated carbocycles. The van der Waals surface area contributed by atoms with E-state index in [9.17, 15) is 9.59 Å². The first-order valence-electron chi connectivity index (χ1n) is 5.70. The molecule has 1 saturated heterocycles. The van der Waals surface area contributed by atoms with Crippen LogP contribution in [0, 0.1) is 11.8 Å². The molecule has 0 spiro atoms. The fourth-order valence-corrected chi connectivity index (χ4v) is 1.77. The van der Waals surface area contributed by atoms with E-state index in [1.165, 1.54) is 0 Å². The first-order valence-corrected chi connectivity index (χ1v) is 5.70. The molecule has 6 heteroatoms. The Bertz CT molecular complexity index is 298. The predicted molar refractivity (Wildman–Crippen MR) is 61.7 cm³/mol. The molecule has 1 aliphatic rings. The van der Waals surface area contributed by atoms with Gasteiger partial charge in [0.15, 0.2) is 0 Å². The normalized spacial score (nSPS) is 24.4. The third kappa shape index (κ3) is 4.60. The van der Waals surface area contributed by atoms with E-state index in [1.807, 2.05) is 0 Å². The van der Waals surface area contributed by atoms with E-state index in [0.717, 1.165) is 0 Å². The van der Waals surface area contributed by atoms with Crippen LogP contribution in [0.25, 0.3) is 0 Å². The van der Waals surface area contributed by atoms with Crippen molar-refractivity contribution in [2.75, 3.05) is 19.6 Å². The van der Waals surface area contributed by atoms with E-state index in [2.05, 4.69) is 10.6 Å². The maximum absolute atomic E-state index is 11.4. The molecule has 0 aliphatic carbocycles. The smallest absolute Gasteiger partial charge is 0.407 e. The number of hydrogen-bond donors (Lipinski definition) is 3. The van der Waals surface area contributed by atoms with Crippen molar-refractivity contribution >= 4 is 12.1 Å². The van der Waals surface area contributed by atoms with E-state index in [1.54, 1.807) is 20.8 Å². The zero-order valence-corrected chi connectivity index (χ0v) is 10.4. The molecular formula is C11H20N2O4. The van der Waals surface area contributed by atoms with Gasteiger partial charge in [-0.05, 0) is 20.8 Å². The number of carboxylic acids is 1. The summed E-state index contributed by atoms with van der Waals surface area (Å²) in [5.74, 6) is -1.35. The largest absolute Gasteiger partial charge is 0.481 e. The minimum Gasteiger partial charge on any atom is -0.481 e. The molecule has 17 heavy (non-hydrogen) atoms. The van der Waals surface area contributed by atoms with Crippen LogP contribution in [0.1, 0.15) is 20.8 Å². The average molecular weight is 244 g/mol. The topological polar surface area (TPSA) is 87.7 Å². The molecule has 3 N–H and O–H groups in total. The van der Waals surface area contributed by atoms with E-state index in [-0.39, 0.29) is 5.92 Å². The highest BCUT2D eigenvalue weighted by Crippen LogP contribution is 2.16. The summed E-state index contributed by atoms with van der Waals surface area (Å²) in [4.78, 5) is 22.3. The van der Waals surface area contributed by atoms with Crippen LogP contribution in [0.4, 0.5) is 4.79 Å². The van der Waals surface area contributed by atoms with Crippen molar-refractivity contribution < 1.29 is 19.4 Å². The number of alkyl carbamates (subject to hydrolysis) is 1. The standard InChI is InChI=1S/C11H20N2O4/c1-11(2,3)17-10(16)13-5-7-4-12-6-8(7)9(14)15/h7-8,12H,4-6H2,1-3H3,(H,13,16)(H,14,15)/t7-,8+/m1/s1. The molecule has 6 nitrogen and oxygen atoms in total. The molecule has 0 aromatic rings. The molecule has 98 valence electrons. The Morgan fingerprint density at radius 2 is 2.06 bits per heavy atom. The highest BCUT2D eigenvalue weighted by Gasteiger charge is 2.33. The molecule has 0 radical (unpaired) electrons. The number of amides is 1. The average Bonchev–Trinajstić information content (AvgIpc) is 2.59. The van der Waals surface area contributed by atoms with Gasteiger partial charge in [-0.3, -0.25) is 4.79 Å². The lowest BCUT2D eigenvalue weighted by atomic mass is 9.96. The third-order valence-corrected chi connectivity index (χ3v) is 2.56. The summed E-state index contributed by atoms with van der Waals surface area (Å²) in [7, 11) is 0. The minimum atomic E-state index is -0.828. The predicted octanol–water partition coefficient (Wildman–Crippen LogP) is 0.431. The number of rotatable bonds is 3. The first kappa shape index (κ1) is 13.8. The van der Waals surface area contributed by atoms with Crippen molar-refractivity contribution in [1.29, 1.82) is 0 Å². The van der Waals surface area contributed by atoms with E-state index < -0.39 is 23.6 Å². The molecule has 1 aliphatic heterocycles.